The molecule has 1 heterocycles. The zero-order valence-electron chi connectivity index (χ0n) is 10.3. The highest BCUT2D eigenvalue weighted by molar-refractivity contribution is 9.10. The first kappa shape index (κ1) is 13.2. The molecule has 2 rings (SSSR count). The molecule has 1 aromatic carbocycles. The molecule has 3 nitrogen and oxygen atoms in total. The Hall–Kier alpha value is -1.20. The lowest BCUT2D eigenvalue weighted by atomic mass is 10.0. The Morgan fingerprint density at radius 1 is 1.50 bits per heavy atom. The molecule has 1 aromatic heterocycles. The summed E-state index contributed by atoms with van der Waals surface area (Å²) in [6.07, 6.45) is 4.45. The number of hydrogen-bond acceptors (Lipinski definition) is 2. The molecule has 0 aliphatic rings. The molecule has 0 aliphatic heterocycles. The third-order valence-corrected chi connectivity index (χ3v) is 3.59. The van der Waals surface area contributed by atoms with Crippen LogP contribution in [0.2, 0.25) is 0 Å². The molecule has 0 amide bonds. The summed E-state index contributed by atoms with van der Waals surface area (Å²) >= 11 is 3.41. The van der Waals surface area contributed by atoms with Gasteiger partial charge in [-0.15, -0.1) is 0 Å². The van der Waals surface area contributed by atoms with E-state index in [1.807, 2.05) is 26.4 Å². The van der Waals surface area contributed by atoms with Gasteiger partial charge in [0.15, 0.2) is 0 Å². The maximum Gasteiger partial charge on any atom is 0.129 e. The van der Waals surface area contributed by atoms with Gasteiger partial charge in [-0.05, 0) is 31.2 Å². The highest BCUT2D eigenvalue weighted by Crippen LogP contribution is 2.28. The van der Waals surface area contributed by atoms with Crippen molar-refractivity contribution in [2.45, 2.75) is 12.5 Å². The maximum absolute atomic E-state index is 13.9. The van der Waals surface area contributed by atoms with Crippen LogP contribution in [0, 0.1) is 5.82 Å². The summed E-state index contributed by atoms with van der Waals surface area (Å²) in [6.45, 7) is 0. The fraction of sp³-hybridized carbons (Fsp3) is 0.308. The summed E-state index contributed by atoms with van der Waals surface area (Å²) in [4.78, 5) is 0. The highest BCUT2D eigenvalue weighted by atomic mass is 79.9. The van der Waals surface area contributed by atoms with Crippen molar-refractivity contribution in [1.29, 1.82) is 0 Å². The van der Waals surface area contributed by atoms with E-state index < -0.39 is 0 Å². The van der Waals surface area contributed by atoms with Crippen LogP contribution >= 0.6 is 15.9 Å². The molecule has 0 saturated carbocycles. The zero-order valence-corrected chi connectivity index (χ0v) is 11.9. The average Bonchev–Trinajstić information content (AvgIpc) is 2.73. The van der Waals surface area contributed by atoms with Gasteiger partial charge in [-0.1, -0.05) is 22.0 Å². The summed E-state index contributed by atoms with van der Waals surface area (Å²) in [6, 6.07) is 4.95. The Bertz CT molecular complexity index is 519. The first-order valence-electron chi connectivity index (χ1n) is 5.70. The third kappa shape index (κ3) is 2.79. The fourth-order valence-electron chi connectivity index (χ4n) is 2.01. The topological polar surface area (TPSA) is 29.9 Å². The van der Waals surface area contributed by atoms with Gasteiger partial charge in [-0.3, -0.25) is 4.68 Å². The van der Waals surface area contributed by atoms with Crippen molar-refractivity contribution in [3.8, 4) is 0 Å². The molecule has 0 bridgehead atoms. The minimum absolute atomic E-state index is 0.0789. The van der Waals surface area contributed by atoms with Gasteiger partial charge in [0.05, 0.1) is 6.20 Å². The van der Waals surface area contributed by atoms with Crippen molar-refractivity contribution < 1.29 is 4.39 Å². The molecule has 0 aliphatic carbocycles. The molecule has 0 spiro atoms. The minimum Gasteiger partial charge on any atom is -0.313 e. The van der Waals surface area contributed by atoms with E-state index in [1.165, 1.54) is 6.07 Å². The van der Waals surface area contributed by atoms with Crippen molar-refractivity contribution >= 4 is 15.9 Å². The van der Waals surface area contributed by atoms with Crippen molar-refractivity contribution in [2.24, 2.45) is 7.05 Å². The summed E-state index contributed by atoms with van der Waals surface area (Å²) in [7, 11) is 3.71. The molecule has 0 fully saturated rings. The predicted molar refractivity (Wildman–Crippen MR) is 72.8 cm³/mol. The molecule has 18 heavy (non-hydrogen) atoms. The van der Waals surface area contributed by atoms with Crippen LogP contribution < -0.4 is 5.32 Å². The van der Waals surface area contributed by atoms with Crippen molar-refractivity contribution in [3.05, 3.63) is 52.0 Å². The van der Waals surface area contributed by atoms with Crippen LogP contribution in [0.4, 0.5) is 4.39 Å². The van der Waals surface area contributed by atoms with Gasteiger partial charge in [0.1, 0.15) is 5.82 Å². The van der Waals surface area contributed by atoms with E-state index in [1.54, 1.807) is 16.9 Å². The van der Waals surface area contributed by atoms with Gasteiger partial charge >= 0.3 is 0 Å². The van der Waals surface area contributed by atoms with Gasteiger partial charge in [0.2, 0.25) is 0 Å². The number of nitrogens with zero attached hydrogens (tertiary/aromatic N) is 2. The fourth-order valence-corrected chi connectivity index (χ4v) is 2.62. The second kappa shape index (κ2) is 5.63. The number of likely N-dealkylation sites (N-methyl/N-ethyl adjacent to an activating group) is 1. The van der Waals surface area contributed by atoms with E-state index in [0.717, 1.165) is 10.0 Å². The first-order valence-corrected chi connectivity index (χ1v) is 6.50. The Kier molecular flexibility index (Phi) is 4.14. The van der Waals surface area contributed by atoms with Gasteiger partial charge in [-0.2, -0.15) is 5.10 Å². The quantitative estimate of drug-likeness (QED) is 0.941. The number of hydrogen-bond donors (Lipinski definition) is 1. The first-order chi connectivity index (χ1) is 8.61. The molecule has 0 radical (unpaired) electrons. The zero-order chi connectivity index (χ0) is 13.1. The van der Waals surface area contributed by atoms with Crippen molar-refractivity contribution in [1.82, 2.24) is 15.1 Å². The Balaban J connectivity index is 2.28. The predicted octanol–water partition coefficient (Wildman–Crippen LogP) is 2.82. The molecule has 1 atom stereocenters. The van der Waals surface area contributed by atoms with E-state index >= 15 is 0 Å². The lowest BCUT2D eigenvalue weighted by Gasteiger charge is -2.18. The van der Waals surface area contributed by atoms with Crippen LogP contribution in [0.25, 0.3) is 0 Å². The van der Waals surface area contributed by atoms with E-state index in [2.05, 4.69) is 26.3 Å². The summed E-state index contributed by atoms with van der Waals surface area (Å²) in [5, 5.41) is 7.28. The summed E-state index contributed by atoms with van der Waals surface area (Å²) in [5.74, 6) is -0.201. The van der Waals surface area contributed by atoms with Crippen LogP contribution in [-0.4, -0.2) is 16.8 Å². The second-order valence-corrected chi connectivity index (χ2v) is 5.06. The number of rotatable bonds is 4. The van der Waals surface area contributed by atoms with Crippen LogP contribution in [0.1, 0.15) is 17.2 Å². The molecule has 96 valence electrons. The molecule has 1 unspecified atom stereocenters. The second-order valence-electron chi connectivity index (χ2n) is 4.20. The number of halogens is 2. The van der Waals surface area contributed by atoms with E-state index in [9.17, 15) is 4.39 Å². The Morgan fingerprint density at radius 2 is 2.28 bits per heavy atom. The standard InChI is InChI=1S/C13H15BrFN3/c1-16-12(6-9-7-17-18(2)8-9)13-10(14)4-3-5-11(13)15/h3-5,7-8,12,16H,6H2,1-2H3. The highest BCUT2D eigenvalue weighted by Gasteiger charge is 2.18. The minimum atomic E-state index is -0.201. The largest absolute Gasteiger partial charge is 0.313 e. The van der Waals surface area contributed by atoms with Crippen LogP contribution in [0.15, 0.2) is 35.1 Å². The van der Waals surface area contributed by atoms with Crippen LogP contribution in [-0.2, 0) is 13.5 Å². The number of aryl methyl sites for hydroxylation is 1. The lowest BCUT2D eigenvalue weighted by molar-refractivity contribution is 0.531. The van der Waals surface area contributed by atoms with Gasteiger partial charge in [0, 0.05) is 29.3 Å². The third-order valence-electron chi connectivity index (χ3n) is 2.89. The smallest absolute Gasteiger partial charge is 0.129 e. The molecule has 1 N–H and O–H groups in total. The average molecular weight is 312 g/mol. The molecular weight excluding hydrogens is 297 g/mol. The van der Waals surface area contributed by atoms with Gasteiger partial charge in [-0.25, -0.2) is 4.39 Å². The molecule has 2 aromatic rings. The van der Waals surface area contributed by atoms with E-state index in [-0.39, 0.29) is 11.9 Å². The van der Waals surface area contributed by atoms with Crippen molar-refractivity contribution in [2.75, 3.05) is 7.05 Å². The number of aromatic nitrogens is 2. The molecule has 0 saturated heterocycles. The number of benzene rings is 1. The van der Waals surface area contributed by atoms with E-state index in [4.69, 9.17) is 0 Å². The van der Waals surface area contributed by atoms with Crippen molar-refractivity contribution in [3.63, 3.8) is 0 Å². The summed E-state index contributed by atoms with van der Waals surface area (Å²) < 4.78 is 16.4. The van der Waals surface area contributed by atoms with E-state index in [0.29, 0.717) is 12.0 Å². The normalized spacial score (nSPS) is 12.7. The van der Waals surface area contributed by atoms with Gasteiger partial charge in [0.25, 0.3) is 0 Å². The maximum atomic E-state index is 13.9. The van der Waals surface area contributed by atoms with Crippen LogP contribution in [0.5, 0.6) is 0 Å². The van der Waals surface area contributed by atoms with Crippen LogP contribution in [0.3, 0.4) is 0 Å². The monoisotopic (exact) mass is 311 g/mol. The summed E-state index contributed by atoms with van der Waals surface area (Å²) in [5.41, 5.74) is 1.73. The Morgan fingerprint density at radius 3 is 2.83 bits per heavy atom. The lowest BCUT2D eigenvalue weighted by Crippen LogP contribution is -2.20. The number of nitrogens with one attached hydrogen (secondary N) is 1. The van der Waals surface area contributed by atoms with Gasteiger partial charge < -0.3 is 5.32 Å². The Labute approximate surface area is 114 Å². The molecular formula is C13H15BrFN3. The SMILES string of the molecule is CNC(Cc1cnn(C)c1)c1c(F)cccc1Br. The molecule has 5 heteroatoms.